The van der Waals surface area contributed by atoms with E-state index in [9.17, 15) is 0 Å². The van der Waals surface area contributed by atoms with Crippen LogP contribution in [0.5, 0.6) is 5.75 Å². The second-order valence-corrected chi connectivity index (χ2v) is 4.51. The summed E-state index contributed by atoms with van der Waals surface area (Å²) in [6, 6.07) is 8.48. The Hall–Kier alpha value is -1.06. The van der Waals surface area contributed by atoms with Gasteiger partial charge in [0.05, 0.1) is 6.61 Å². The van der Waals surface area contributed by atoms with Crippen LogP contribution in [0, 0.1) is 5.92 Å². The van der Waals surface area contributed by atoms with Gasteiger partial charge in [-0.1, -0.05) is 32.0 Å². The zero-order valence-electron chi connectivity index (χ0n) is 11.1. The van der Waals surface area contributed by atoms with Crippen LogP contribution in [0.2, 0.25) is 0 Å². The highest BCUT2D eigenvalue weighted by molar-refractivity contribution is 5.33. The predicted octanol–water partition coefficient (Wildman–Crippen LogP) is 2.16. The third-order valence-electron chi connectivity index (χ3n) is 2.89. The van der Waals surface area contributed by atoms with Crippen LogP contribution in [0.25, 0.3) is 0 Å². The Bertz CT molecular complexity index is 326. The average Bonchev–Trinajstić information content (AvgIpc) is 2.32. The van der Waals surface area contributed by atoms with Gasteiger partial charge >= 0.3 is 0 Å². The minimum atomic E-state index is 0.352. The molecule has 0 saturated heterocycles. The van der Waals surface area contributed by atoms with Gasteiger partial charge in [0.2, 0.25) is 0 Å². The van der Waals surface area contributed by atoms with E-state index in [0.29, 0.717) is 25.1 Å². The van der Waals surface area contributed by atoms with Crippen molar-refractivity contribution in [1.82, 2.24) is 5.32 Å². The summed E-state index contributed by atoms with van der Waals surface area (Å²) in [5, 5.41) is 3.48. The van der Waals surface area contributed by atoms with E-state index in [1.54, 1.807) is 0 Å². The highest BCUT2D eigenvalue weighted by Crippen LogP contribution is 2.18. The molecule has 3 heteroatoms. The summed E-state index contributed by atoms with van der Waals surface area (Å²) >= 11 is 0. The van der Waals surface area contributed by atoms with Crippen molar-refractivity contribution < 1.29 is 4.74 Å². The molecule has 1 aromatic carbocycles. The Balaban J connectivity index is 2.61. The molecule has 0 fully saturated rings. The molecule has 1 atom stereocenters. The fraction of sp³-hybridized carbons (Fsp3) is 0.571. The van der Waals surface area contributed by atoms with Gasteiger partial charge < -0.3 is 15.8 Å². The summed E-state index contributed by atoms with van der Waals surface area (Å²) in [5.41, 5.74) is 6.93. The van der Waals surface area contributed by atoms with E-state index in [0.717, 1.165) is 12.3 Å². The molecule has 96 valence electrons. The third-order valence-corrected chi connectivity index (χ3v) is 2.89. The fourth-order valence-electron chi connectivity index (χ4n) is 1.78. The molecule has 1 rings (SSSR count). The van der Waals surface area contributed by atoms with E-state index in [1.807, 2.05) is 25.1 Å². The fourth-order valence-corrected chi connectivity index (χ4v) is 1.78. The standard InChI is InChI=1S/C14H24N2O/c1-4-17-14-8-6-5-7-12(14)10-16-13(9-15)11(2)3/h5-8,11,13,16H,4,9-10,15H2,1-3H3. The van der Waals surface area contributed by atoms with E-state index in [4.69, 9.17) is 10.5 Å². The lowest BCUT2D eigenvalue weighted by molar-refractivity contribution is 0.332. The Kier molecular flexibility index (Phi) is 6.01. The first-order chi connectivity index (χ1) is 8.19. The molecule has 1 unspecified atom stereocenters. The van der Waals surface area contributed by atoms with Gasteiger partial charge in [0.25, 0.3) is 0 Å². The molecule has 0 spiro atoms. The summed E-state index contributed by atoms with van der Waals surface area (Å²) in [6.07, 6.45) is 0. The van der Waals surface area contributed by atoms with E-state index >= 15 is 0 Å². The monoisotopic (exact) mass is 236 g/mol. The largest absolute Gasteiger partial charge is 0.494 e. The van der Waals surface area contributed by atoms with Crippen molar-refractivity contribution in [2.75, 3.05) is 13.2 Å². The molecular formula is C14H24N2O. The molecule has 0 aliphatic heterocycles. The zero-order valence-corrected chi connectivity index (χ0v) is 11.1. The first kappa shape index (κ1) is 14.0. The normalized spacial score (nSPS) is 12.8. The van der Waals surface area contributed by atoms with Crippen molar-refractivity contribution in [3.63, 3.8) is 0 Å². The summed E-state index contributed by atoms with van der Waals surface area (Å²) in [6.45, 7) is 8.52. The maximum Gasteiger partial charge on any atom is 0.123 e. The summed E-state index contributed by atoms with van der Waals surface area (Å²) in [7, 11) is 0. The smallest absolute Gasteiger partial charge is 0.123 e. The van der Waals surface area contributed by atoms with Gasteiger partial charge in [-0.15, -0.1) is 0 Å². The van der Waals surface area contributed by atoms with Crippen LogP contribution in [-0.2, 0) is 6.54 Å². The number of hydrogen-bond acceptors (Lipinski definition) is 3. The second kappa shape index (κ2) is 7.30. The Morgan fingerprint density at radius 2 is 2.00 bits per heavy atom. The SMILES string of the molecule is CCOc1ccccc1CNC(CN)C(C)C. The first-order valence-corrected chi connectivity index (χ1v) is 6.33. The minimum absolute atomic E-state index is 0.352. The molecule has 3 N–H and O–H groups in total. The number of nitrogens with one attached hydrogen (secondary N) is 1. The van der Waals surface area contributed by atoms with Crippen LogP contribution in [0.4, 0.5) is 0 Å². The Morgan fingerprint density at radius 3 is 2.59 bits per heavy atom. The number of ether oxygens (including phenoxy) is 1. The average molecular weight is 236 g/mol. The maximum atomic E-state index is 5.74. The van der Waals surface area contributed by atoms with E-state index < -0.39 is 0 Å². The zero-order chi connectivity index (χ0) is 12.7. The number of para-hydroxylation sites is 1. The van der Waals surface area contributed by atoms with Crippen molar-refractivity contribution in [2.24, 2.45) is 11.7 Å². The predicted molar refractivity (Wildman–Crippen MR) is 72.1 cm³/mol. The van der Waals surface area contributed by atoms with Crippen molar-refractivity contribution in [3.05, 3.63) is 29.8 Å². The van der Waals surface area contributed by atoms with Crippen LogP contribution in [0.3, 0.4) is 0 Å². The topological polar surface area (TPSA) is 47.3 Å². The summed E-state index contributed by atoms with van der Waals surface area (Å²) in [4.78, 5) is 0. The highest BCUT2D eigenvalue weighted by atomic mass is 16.5. The van der Waals surface area contributed by atoms with Crippen LogP contribution in [-0.4, -0.2) is 19.2 Å². The van der Waals surface area contributed by atoms with Gasteiger partial charge in [0.1, 0.15) is 5.75 Å². The van der Waals surface area contributed by atoms with E-state index in [1.165, 1.54) is 5.56 Å². The summed E-state index contributed by atoms with van der Waals surface area (Å²) < 4.78 is 5.59. The Labute approximate surface area is 104 Å². The molecule has 0 aromatic heterocycles. The van der Waals surface area contributed by atoms with Crippen LogP contribution >= 0.6 is 0 Å². The molecular weight excluding hydrogens is 212 g/mol. The lowest BCUT2D eigenvalue weighted by Gasteiger charge is -2.21. The third kappa shape index (κ3) is 4.36. The summed E-state index contributed by atoms with van der Waals surface area (Å²) in [5.74, 6) is 1.50. The van der Waals surface area contributed by atoms with Crippen molar-refractivity contribution >= 4 is 0 Å². The van der Waals surface area contributed by atoms with E-state index in [2.05, 4.69) is 25.2 Å². The number of nitrogens with two attached hydrogens (primary N) is 1. The van der Waals surface area contributed by atoms with Gasteiger partial charge in [-0.25, -0.2) is 0 Å². The van der Waals surface area contributed by atoms with Crippen molar-refractivity contribution in [1.29, 1.82) is 0 Å². The van der Waals surface area contributed by atoms with E-state index in [-0.39, 0.29) is 0 Å². The van der Waals surface area contributed by atoms with Gasteiger partial charge in [-0.05, 0) is 18.9 Å². The van der Waals surface area contributed by atoms with Gasteiger partial charge in [-0.2, -0.15) is 0 Å². The lowest BCUT2D eigenvalue weighted by Crippen LogP contribution is -2.39. The molecule has 0 bridgehead atoms. The highest BCUT2D eigenvalue weighted by Gasteiger charge is 2.11. The van der Waals surface area contributed by atoms with Crippen molar-refractivity contribution in [2.45, 2.75) is 33.4 Å². The molecule has 0 aliphatic rings. The number of hydrogen-bond donors (Lipinski definition) is 2. The second-order valence-electron chi connectivity index (χ2n) is 4.51. The lowest BCUT2D eigenvalue weighted by atomic mass is 10.0. The van der Waals surface area contributed by atoms with Gasteiger partial charge in [-0.3, -0.25) is 0 Å². The molecule has 0 amide bonds. The molecule has 17 heavy (non-hydrogen) atoms. The maximum absolute atomic E-state index is 5.74. The van der Waals surface area contributed by atoms with Crippen molar-refractivity contribution in [3.8, 4) is 5.75 Å². The quantitative estimate of drug-likeness (QED) is 0.762. The molecule has 0 radical (unpaired) electrons. The molecule has 0 heterocycles. The molecule has 1 aromatic rings. The van der Waals surface area contributed by atoms with Gasteiger partial charge in [0, 0.05) is 24.7 Å². The number of rotatable bonds is 7. The van der Waals surface area contributed by atoms with Gasteiger partial charge in [0.15, 0.2) is 0 Å². The number of benzene rings is 1. The molecule has 3 nitrogen and oxygen atoms in total. The molecule has 0 aliphatic carbocycles. The Morgan fingerprint density at radius 1 is 1.29 bits per heavy atom. The van der Waals surface area contributed by atoms with Crippen LogP contribution in [0.15, 0.2) is 24.3 Å². The first-order valence-electron chi connectivity index (χ1n) is 6.33. The van der Waals surface area contributed by atoms with Crippen LogP contribution in [0.1, 0.15) is 26.3 Å². The minimum Gasteiger partial charge on any atom is -0.494 e. The molecule has 0 saturated carbocycles. The van der Waals surface area contributed by atoms with Crippen LogP contribution < -0.4 is 15.8 Å².